The molecular formula is C25H27N3O5S. The number of hydrogen-bond acceptors (Lipinski definition) is 5. The topological polar surface area (TPSA) is 123 Å². The summed E-state index contributed by atoms with van der Waals surface area (Å²) in [5, 5.41) is 19.9. The molecule has 0 unspecified atom stereocenters. The van der Waals surface area contributed by atoms with Crippen LogP contribution in [0.3, 0.4) is 0 Å². The summed E-state index contributed by atoms with van der Waals surface area (Å²) in [6.45, 7) is 7.45. The quantitative estimate of drug-likeness (QED) is 0.209. The molecular weight excluding hydrogens is 454 g/mol. The molecule has 0 saturated heterocycles. The van der Waals surface area contributed by atoms with E-state index >= 15 is 0 Å². The molecule has 0 saturated carbocycles. The number of allylic oxidation sites excluding steroid dienone is 3. The molecule has 1 aromatic heterocycles. The number of rotatable bonds is 9. The first kappa shape index (κ1) is 25.0. The molecule has 178 valence electrons. The SMILES string of the molecule is C=C(/C=C\C(C)=C/C)[C@H](C(=O)NO)N(Cc1ccc2[nH]ccc2c1)S(=O)(=O)c1ccc(O)cc1. The number of aromatic nitrogens is 1. The van der Waals surface area contributed by atoms with E-state index in [0.29, 0.717) is 5.56 Å². The monoisotopic (exact) mass is 481 g/mol. The van der Waals surface area contributed by atoms with E-state index in [1.807, 2.05) is 38.1 Å². The van der Waals surface area contributed by atoms with Gasteiger partial charge in [0.15, 0.2) is 0 Å². The average Bonchev–Trinajstić information content (AvgIpc) is 3.30. The van der Waals surface area contributed by atoms with Crippen molar-refractivity contribution in [1.82, 2.24) is 14.8 Å². The first-order valence-corrected chi connectivity index (χ1v) is 11.9. The van der Waals surface area contributed by atoms with E-state index in [0.717, 1.165) is 20.8 Å². The van der Waals surface area contributed by atoms with E-state index in [1.54, 1.807) is 29.9 Å². The summed E-state index contributed by atoms with van der Waals surface area (Å²) in [6, 6.07) is 10.8. The van der Waals surface area contributed by atoms with Crippen LogP contribution in [0.2, 0.25) is 0 Å². The standard InChI is InChI=1S/C25H27N3O5S/c1-4-17(2)5-6-18(3)24(25(30)27-31)28(34(32,33)22-10-8-21(29)9-11-22)16-19-7-12-23-20(15-19)13-14-26-23/h4-15,24,26,29,31H,3,16H2,1-2H3,(H,27,30)/b6-5-,17-4-/t24-/m1/s1. The molecule has 0 spiro atoms. The largest absolute Gasteiger partial charge is 0.508 e. The van der Waals surface area contributed by atoms with Gasteiger partial charge in [-0.05, 0) is 72.8 Å². The van der Waals surface area contributed by atoms with Crippen molar-refractivity contribution in [3.8, 4) is 5.75 Å². The average molecular weight is 482 g/mol. The lowest BCUT2D eigenvalue weighted by molar-refractivity contribution is -0.132. The molecule has 0 aliphatic heterocycles. The maximum Gasteiger partial charge on any atom is 0.266 e. The Labute approximate surface area is 198 Å². The van der Waals surface area contributed by atoms with Crippen LogP contribution in [0.25, 0.3) is 10.9 Å². The van der Waals surface area contributed by atoms with E-state index in [1.165, 1.54) is 24.3 Å². The molecule has 34 heavy (non-hydrogen) atoms. The van der Waals surface area contributed by atoms with Gasteiger partial charge in [0.25, 0.3) is 5.91 Å². The van der Waals surface area contributed by atoms with Crippen molar-refractivity contribution < 1.29 is 23.5 Å². The summed E-state index contributed by atoms with van der Waals surface area (Å²) >= 11 is 0. The van der Waals surface area contributed by atoms with Gasteiger partial charge in [-0.2, -0.15) is 4.31 Å². The Morgan fingerprint density at radius 2 is 1.88 bits per heavy atom. The highest BCUT2D eigenvalue weighted by Crippen LogP contribution is 2.27. The first-order valence-electron chi connectivity index (χ1n) is 10.5. The Hall–Kier alpha value is -3.66. The fourth-order valence-corrected chi connectivity index (χ4v) is 5.00. The van der Waals surface area contributed by atoms with Gasteiger partial charge in [0, 0.05) is 18.3 Å². The number of hydroxylamine groups is 1. The maximum absolute atomic E-state index is 13.7. The molecule has 1 heterocycles. The molecule has 0 bridgehead atoms. The number of amides is 1. The predicted octanol–water partition coefficient (Wildman–Crippen LogP) is 4.02. The maximum atomic E-state index is 13.7. The summed E-state index contributed by atoms with van der Waals surface area (Å²) in [5.74, 6) is -1.04. The van der Waals surface area contributed by atoms with E-state index in [9.17, 15) is 23.5 Å². The van der Waals surface area contributed by atoms with Crippen molar-refractivity contribution in [2.24, 2.45) is 0 Å². The zero-order valence-electron chi connectivity index (χ0n) is 18.9. The third kappa shape index (κ3) is 5.45. The number of benzene rings is 2. The van der Waals surface area contributed by atoms with Crippen LogP contribution in [0.5, 0.6) is 5.75 Å². The number of nitrogens with zero attached hydrogens (tertiary/aromatic N) is 1. The van der Waals surface area contributed by atoms with Crippen molar-refractivity contribution in [2.45, 2.75) is 31.3 Å². The number of fused-ring (bicyclic) bond motifs is 1. The molecule has 9 heteroatoms. The minimum atomic E-state index is -4.27. The summed E-state index contributed by atoms with van der Waals surface area (Å²) < 4.78 is 28.4. The van der Waals surface area contributed by atoms with Crippen LogP contribution < -0.4 is 5.48 Å². The summed E-state index contributed by atoms with van der Waals surface area (Å²) in [4.78, 5) is 15.7. The molecule has 8 nitrogen and oxygen atoms in total. The first-order chi connectivity index (χ1) is 16.2. The van der Waals surface area contributed by atoms with E-state index in [2.05, 4.69) is 11.6 Å². The number of phenols is 1. The normalized spacial score (nSPS) is 13.5. The van der Waals surface area contributed by atoms with E-state index in [-0.39, 0.29) is 22.8 Å². The third-order valence-corrected chi connectivity index (χ3v) is 7.24. The van der Waals surface area contributed by atoms with Gasteiger partial charge in [0.2, 0.25) is 10.0 Å². The van der Waals surface area contributed by atoms with Crippen molar-refractivity contribution in [2.75, 3.05) is 0 Å². The number of carbonyl (C=O) groups is 1. The number of H-pyrrole nitrogens is 1. The van der Waals surface area contributed by atoms with Crippen molar-refractivity contribution in [3.63, 3.8) is 0 Å². The summed E-state index contributed by atoms with van der Waals surface area (Å²) in [7, 11) is -4.27. The number of phenolic OH excluding ortho intramolecular Hbond substituents is 1. The number of hydrogen-bond donors (Lipinski definition) is 4. The number of aromatic hydroxyl groups is 1. The highest BCUT2D eigenvalue weighted by molar-refractivity contribution is 7.89. The van der Waals surface area contributed by atoms with Crippen LogP contribution in [-0.4, -0.2) is 40.0 Å². The summed E-state index contributed by atoms with van der Waals surface area (Å²) in [6.07, 6.45) is 6.88. The highest BCUT2D eigenvalue weighted by atomic mass is 32.2. The number of sulfonamides is 1. The molecule has 4 N–H and O–H groups in total. The van der Waals surface area contributed by atoms with Crippen LogP contribution >= 0.6 is 0 Å². The van der Waals surface area contributed by atoms with Gasteiger partial charge >= 0.3 is 0 Å². The lowest BCUT2D eigenvalue weighted by atomic mass is 10.1. The fourth-order valence-electron chi connectivity index (χ4n) is 3.42. The highest BCUT2D eigenvalue weighted by Gasteiger charge is 2.37. The molecule has 2 aromatic carbocycles. The smallest absolute Gasteiger partial charge is 0.266 e. The van der Waals surface area contributed by atoms with Crippen LogP contribution in [0.1, 0.15) is 19.4 Å². The van der Waals surface area contributed by atoms with Crippen LogP contribution in [0, 0.1) is 0 Å². The third-order valence-electron chi connectivity index (χ3n) is 5.41. The Kier molecular flexibility index (Phi) is 7.72. The molecule has 1 atom stereocenters. The van der Waals surface area contributed by atoms with Crippen LogP contribution in [0.4, 0.5) is 0 Å². The van der Waals surface area contributed by atoms with Gasteiger partial charge in [-0.1, -0.05) is 36.4 Å². The Morgan fingerprint density at radius 3 is 2.53 bits per heavy atom. The van der Waals surface area contributed by atoms with Gasteiger partial charge in [0.1, 0.15) is 11.8 Å². The molecule has 3 rings (SSSR count). The van der Waals surface area contributed by atoms with Crippen molar-refractivity contribution in [3.05, 3.63) is 96.2 Å². The lowest BCUT2D eigenvalue weighted by Gasteiger charge is -2.30. The van der Waals surface area contributed by atoms with E-state index in [4.69, 9.17) is 0 Å². The zero-order valence-corrected chi connectivity index (χ0v) is 19.7. The minimum Gasteiger partial charge on any atom is -0.508 e. The number of carbonyl (C=O) groups excluding carboxylic acids is 1. The van der Waals surface area contributed by atoms with Crippen molar-refractivity contribution in [1.29, 1.82) is 0 Å². The second-order valence-electron chi connectivity index (χ2n) is 7.76. The van der Waals surface area contributed by atoms with Gasteiger partial charge in [-0.3, -0.25) is 10.0 Å². The molecule has 0 radical (unpaired) electrons. The fraction of sp³-hybridized carbons (Fsp3) is 0.160. The molecule has 0 fully saturated rings. The van der Waals surface area contributed by atoms with Gasteiger partial charge in [-0.15, -0.1) is 0 Å². The van der Waals surface area contributed by atoms with Gasteiger partial charge in [-0.25, -0.2) is 13.9 Å². The number of nitrogens with one attached hydrogen (secondary N) is 2. The molecule has 0 aliphatic rings. The van der Waals surface area contributed by atoms with Crippen LogP contribution in [0.15, 0.2) is 95.6 Å². The Morgan fingerprint density at radius 1 is 1.18 bits per heavy atom. The lowest BCUT2D eigenvalue weighted by Crippen LogP contribution is -2.49. The van der Waals surface area contributed by atoms with Gasteiger partial charge < -0.3 is 10.1 Å². The number of aromatic amines is 1. The Balaban J connectivity index is 2.13. The second-order valence-corrected chi connectivity index (χ2v) is 9.65. The molecule has 1 amide bonds. The van der Waals surface area contributed by atoms with Crippen LogP contribution in [-0.2, 0) is 21.4 Å². The minimum absolute atomic E-state index is 0.0952. The zero-order chi connectivity index (χ0) is 24.9. The van der Waals surface area contributed by atoms with Crippen molar-refractivity contribution >= 4 is 26.8 Å². The molecule has 3 aromatic rings. The Bertz CT molecular complexity index is 1350. The predicted molar refractivity (Wildman–Crippen MR) is 131 cm³/mol. The second kappa shape index (κ2) is 10.5. The molecule has 0 aliphatic carbocycles. The summed E-state index contributed by atoms with van der Waals surface area (Å²) in [5.41, 5.74) is 4.14. The van der Waals surface area contributed by atoms with Gasteiger partial charge in [0.05, 0.1) is 4.90 Å². The van der Waals surface area contributed by atoms with E-state index < -0.39 is 22.0 Å².